The van der Waals surface area contributed by atoms with Crippen molar-refractivity contribution in [3.63, 3.8) is 0 Å². The van der Waals surface area contributed by atoms with Gasteiger partial charge in [-0.3, -0.25) is 10.1 Å². The lowest BCUT2D eigenvalue weighted by Crippen LogP contribution is -2.03. The Morgan fingerprint density at radius 3 is 2.55 bits per heavy atom. The van der Waals surface area contributed by atoms with Crippen LogP contribution >= 0.6 is 0 Å². The summed E-state index contributed by atoms with van der Waals surface area (Å²) in [4.78, 5) is 21.6. The number of hydrogen-bond acceptors (Lipinski definition) is 4. The molecule has 0 spiro atoms. The molecule has 0 atom stereocenters. The molecular formula is C15H11NO4. The molecule has 0 radical (unpaired) electrons. The van der Waals surface area contributed by atoms with Crippen molar-refractivity contribution in [2.75, 3.05) is 0 Å². The zero-order valence-electron chi connectivity index (χ0n) is 10.4. The minimum atomic E-state index is -0.589. The molecule has 2 rings (SSSR count). The SMILES string of the molecule is O=C(/C=C/c1ccccc1)Oc1cccc([N+](=O)[O-])c1. The molecule has 100 valence electrons. The average Bonchev–Trinajstić information content (AvgIpc) is 2.46. The van der Waals surface area contributed by atoms with E-state index >= 15 is 0 Å². The monoisotopic (exact) mass is 269 g/mol. The Hall–Kier alpha value is -2.95. The van der Waals surface area contributed by atoms with Gasteiger partial charge in [-0.1, -0.05) is 36.4 Å². The first kappa shape index (κ1) is 13.5. The van der Waals surface area contributed by atoms with Gasteiger partial charge < -0.3 is 4.74 Å². The van der Waals surface area contributed by atoms with Gasteiger partial charge in [-0.15, -0.1) is 0 Å². The zero-order chi connectivity index (χ0) is 14.4. The minimum Gasteiger partial charge on any atom is -0.423 e. The highest BCUT2D eigenvalue weighted by molar-refractivity contribution is 5.88. The molecule has 5 heteroatoms. The fraction of sp³-hybridized carbons (Fsp3) is 0. The van der Waals surface area contributed by atoms with Crippen LogP contribution in [-0.4, -0.2) is 10.9 Å². The van der Waals surface area contributed by atoms with E-state index in [0.717, 1.165) is 5.56 Å². The van der Waals surface area contributed by atoms with E-state index in [4.69, 9.17) is 4.74 Å². The molecule has 0 aromatic heterocycles. The maximum atomic E-state index is 11.6. The molecule has 0 fully saturated rings. The largest absolute Gasteiger partial charge is 0.423 e. The van der Waals surface area contributed by atoms with Gasteiger partial charge in [-0.05, 0) is 17.7 Å². The molecule has 0 N–H and O–H groups in total. The van der Waals surface area contributed by atoms with Crippen LogP contribution in [0, 0.1) is 10.1 Å². The Morgan fingerprint density at radius 2 is 1.85 bits per heavy atom. The summed E-state index contributed by atoms with van der Waals surface area (Å²) < 4.78 is 5.00. The van der Waals surface area contributed by atoms with Gasteiger partial charge in [0.1, 0.15) is 5.75 Å². The van der Waals surface area contributed by atoms with Crippen LogP contribution in [0.15, 0.2) is 60.7 Å². The minimum absolute atomic E-state index is 0.123. The number of nitro benzene ring substituents is 1. The second kappa shape index (κ2) is 6.29. The van der Waals surface area contributed by atoms with Crippen molar-refractivity contribution < 1.29 is 14.5 Å². The lowest BCUT2D eigenvalue weighted by molar-refractivity contribution is -0.384. The summed E-state index contributed by atoms with van der Waals surface area (Å²) in [5, 5.41) is 10.6. The van der Waals surface area contributed by atoms with Gasteiger partial charge in [0.2, 0.25) is 0 Å². The maximum Gasteiger partial charge on any atom is 0.336 e. The van der Waals surface area contributed by atoms with Gasteiger partial charge in [-0.25, -0.2) is 4.79 Å². The molecule has 0 saturated heterocycles. The number of nitrogens with zero attached hydrogens (tertiary/aromatic N) is 1. The summed E-state index contributed by atoms with van der Waals surface area (Å²) in [7, 11) is 0. The van der Waals surface area contributed by atoms with Crippen LogP contribution in [0.4, 0.5) is 5.69 Å². The highest BCUT2D eigenvalue weighted by Gasteiger charge is 2.08. The summed E-state index contributed by atoms with van der Waals surface area (Å²) in [5.74, 6) is -0.448. The molecule has 5 nitrogen and oxygen atoms in total. The first-order valence-corrected chi connectivity index (χ1v) is 5.84. The van der Waals surface area contributed by atoms with E-state index < -0.39 is 10.9 Å². The Kier molecular flexibility index (Phi) is 4.24. The van der Waals surface area contributed by atoms with Gasteiger partial charge >= 0.3 is 5.97 Å². The van der Waals surface area contributed by atoms with Gasteiger partial charge in [0.05, 0.1) is 11.0 Å². The summed E-state index contributed by atoms with van der Waals surface area (Å²) in [6.07, 6.45) is 2.88. The van der Waals surface area contributed by atoms with Crippen molar-refractivity contribution in [1.82, 2.24) is 0 Å². The van der Waals surface area contributed by atoms with Crippen LogP contribution in [0.3, 0.4) is 0 Å². The Balaban J connectivity index is 2.03. The van der Waals surface area contributed by atoms with Gasteiger partial charge in [-0.2, -0.15) is 0 Å². The van der Waals surface area contributed by atoms with E-state index in [2.05, 4.69) is 0 Å². The van der Waals surface area contributed by atoms with Crippen LogP contribution in [0.25, 0.3) is 6.08 Å². The van der Waals surface area contributed by atoms with Crippen LogP contribution < -0.4 is 4.74 Å². The third-order valence-corrected chi connectivity index (χ3v) is 2.46. The van der Waals surface area contributed by atoms with Gasteiger partial charge in [0.15, 0.2) is 0 Å². The van der Waals surface area contributed by atoms with Gasteiger partial charge in [0.25, 0.3) is 5.69 Å². The summed E-state index contributed by atoms with van der Waals surface area (Å²) in [6, 6.07) is 14.7. The van der Waals surface area contributed by atoms with Crippen molar-refractivity contribution in [2.45, 2.75) is 0 Å². The number of nitro groups is 1. The standard InChI is InChI=1S/C15H11NO4/c17-15(10-9-12-5-2-1-3-6-12)20-14-8-4-7-13(11-14)16(18)19/h1-11H/b10-9+. The molecule has 2 aromatic rings. The number of carbonyl (C=O) groups is 1. The molecule has 0 aliphatic heterocycles. The maximum absolute atomic E-state index is 11.6. The predicted octanol–water partition coefficient (Wildman–Crippen LogP) is 3.21. The van der Waals surface area contributed by atoms with E-state index in [0.29, 0.717) is 0 Å². The van der Waals surface area contributed by atoms with Crippen molar-refractivity contribution in [2.24, 2.45) is 0 Å². The van der Waals surface area contributed by atoms with E-state index in [1.807, 2.05) is 30.3 Å². The Morgan fingerprint density at radius 1 is 1.10 bits per heavy atom. The highest BCUT2D eigenvalue weighted by Crippen LogP contribution is 2.19. The van der Waals surface area contributed by atoms with E-state index in [1.54, 1.807) is 6.08 Å². The van der Waals surface area contributed by atoms with Crippen molar-refractivity contribution >= 4 is 17.7 Å². The van der Waals surface area contributed by atoms with Crippen LogP contribution in [0.5, 0.6) is 5.75 Å². The number of carbonyl (C=O) groups excluding carboxylic acids is 1. The highest BCUT2D eigenvalue weighted by atomic mass is 16.6. The summed E-state index contributed by atoms with van der Waals surface area (Å²) in [6.45, 7) is 0. The van der Waals surface area contributed by atoms with Crippen molar-refractivity contribution in [1.29, 1.82) is 0 Å². The third kappa shape index (κ3) is 3.78. The van der Waals surface area contributed by atoms with Crippen LogP contribution in [0.2, 0.25) is 0 Å². The van der Waals surface area contributed by atoms with Crippen molar-refractivity contribution in [3.05, 3.63) is 76.4 Å². The number of esters is 1. The zero-order valence-corrected chi connectivity index (χ0v) is 10.4. The number of ether oxygens (including phenoxy) is 1. The predicted molar refractivity (Wildman–Crippen MR) is 74.2 cm³/mol. The van der Waals surface area contributed by atoms with Crippen molar-refractivity contribution in [3.8, 4) is 5.75 Å². The molecule has 0 unspecified atom stereocenters. The Bertz CT molecular complexity index is 650. The Labute approximate surface area is 115 Å². The molecule has 0 amide bonds. The number of rotatable bonds is 4. The van der Waals surface area contributed by atoms with Gasteiger partial charge in [0, 0.05) is 12.1 Å². The number of hydrogen-bond donors (Lipinski definition) is 0. The third-order valence-electron chi connectivity index (χ3n) is 2.46. The molecule has 20 heavy (non-hydrogen) atoms. The molecule has 0 saturated carbocycles. The first-order valence-electron chi connectivity index (χ1n) is 5.84. The molecule has 0 heterocycles. The number of non-ortho nitro benzene ring substituents is 1. The fourth-order valence-electron chi connectivity index (χ4n) is 1.54. The average molecular weight is 269 g/mol. The molecule has 2 aromatic carbocycles. The first-order chi connectivity index (χ1) is 9.65. The molecular weight excluding hydrogens is 258 g/mol. The lowest BCUT2D eigenvalue weighted by Gasteiger charge is -2.00. The molecule has 0 aliphatic carbocycles. The van der Waals surface area contributed by atoms with E-state index in [-0.39, 0.29) is 11.4 Å². The second-order valence-electron chi connectivity index (χ2n) is 3.92. The summed E-state index contributed by atoms with van der Waals surface area (Å²) in [5.41, 5.74) is 0.742. The quantitative estimate of drug-likeness (QED) is 0.281. The topological polar surface area (TPSA) is 69.4 Å². The van der Waals surface area contributed by atoms with Crippen LogP contribution in [0.1, 0.15) is 5.56 Å². The van der Waals surface area contributed by atoms with E-state index in [9.17, 15) is 14.9 Å². The number of benzene rings is 2. The fourth-order valence-corrected chi connectivity index (χ4v) is 1.54. The summed E-state index contributed by atoms with van der Waals surface area (Å²) >= 11 is 0. The normalized spacial score (nSPS) is 10.4. The van der Waals surface area contributed by atoms with Crippen LogP contribution in [-0.2, 0) is 4.79 Å². The van der Waals surface area contributed by atoms with E-state index in [1.165, 1.54) is 30.3 Å². The second-order valence-corrected chi connectivity index (χ2v) is 3.92. The molecule has 0 bridgehead atoms. The smallest absolute Gasteiger partial charge is 0.336 e. The molecule has 0 aliphatic rings. The lowest BCUT2D eigenvalue weighted by atomic mass is 10.2.